The van der Waals surface area contributed by atoms with Gasteiger partial charge in [-0.3, -0.25) is 9.59 Å². The Labute approximate surface area is 154 Å². The molecule has 1 aromatic carbocycles. The summed E-state index contributed by atoms with van der Waals surface area (Å²) in [6, 6.07) is 7.26. The van der Waals surface area contributed by atoms with Gasteiger partial charge in [0.2, 0.25) is 11.8 Å². The van der Waals surface area contributed by atoms with Crippen LogP contribution in [-0.2, 0) is 9.59 Å². The number of para-hydroxylation sites is 1. The molecule has 0 bridgehead atoms. The van der Waals surface area contributed by atoms with Crippen LogP contribution in [0.5, 0.6) is 0 Å². The van der Waals surface area contributed by atoms with Gasteiger partial charge < -0.3 is 15.1 Å². The molecule has 6 heteroatoms. The van der Waals surface area contributed by atoms with Crippen LogP contribution < -0.4 is 10.2 Å². The van der Waals surface area contributed by atoms with Gasteiger partial charge in [-0.1, -0.05) is 30.2 Å². The van der Waals surface area contributed by atoms with Gasteiger partial charge in [-0.2, -0.15) is 0 Å². The summed E-state index contributed by atoms with van der Waals surface area (Å²) in [7, 11) is 0. The molecule has 2 aliphatic heterocycles. The summed E-state index contributed by atoms with van der Waals surface area (Å²) < 4.78 is 0. The van der Waals surface area contributed by atoms with Gasteiger partial charge in [0.15, 0.2) is 0 Å². The minimum atomic E-state index is -0.293. The Bertz CT molecular complexity index is 616. The summed E-state index contributed by atoms with van der Waals surface area (Å²) >= 11 is 6.17. The Morgan fingerprint density at radius 3 is 2.72 bits per heavy atom. The summed E-state index contributed by atoms with van der Waals surface area (Å²) in [4.78, 5) is 28.7. The zero-order valence-corrected chi connectivity index (χ0v) is 15.3. The van der Waals surface area contributed by atoms with E-state index < -0.39 is 0 Å². The maximum atomic E-state index is 12.4. The van der Waals surface area contributed by atoms with Gasteiger partial charge in [-0.25, -0.2) is 0 Å². The van der Waals surface area contributed by atoms with Crippen LogP contribution in [0.1, 0.15) is 32.1 Å². The normalized spacial score (nSPS) is 21.6. The second kappa shape index (κ2) is 8.68. The van der Waals surface area contributed by atoms with Gasteiger partial charge >= 0.3 is 0 Å². The van der Waals surface area contributed by atoms with Crippen LogP contribution in [0.25, 0.3) is 0 Å². The topological polar surface area (TPSA) is 52.7 Å². The first-order chi connectivity index (χ1) is 12.1. The number of carbonyl (C=O) groups excluding carboxylic acids is 2. The van der Waals surface area contributed by atoms with Crippen LogP contribution in [0.3, 0.4) is 0 Å². The maximum absolute atomic E-state index is 12.4. The largest absolute Gasteiger partial charge is 0.356 e. The molecule has 0 spiro atoms. The van der Waals surface area contributed by atoms with Gasteiger partial charge in [-0.15, -0.1) is 0 Å². The second-order valence-electron chi connectivity index (χ2n) is 6.90. The number of hydrogen-bond donors (Lipinski definition) is 1. The van der Waals surface area contributed by atoms with Crippen molar-refractivity contribution in [2.75, 3.05) is 37.6 Å². The maximum Gasteiger partial charge on any atom is 0.227 e. The van der Waals surface area contributed by atoms with Gasteiger partial charge in [0, 0.05) is 19.5 Å². The van der Waals surface area contributed by atoms with Crippen LogP contribution in [0, 0.1) is 5.92 Å². The van der Waals surface area contributed by atoms with Crippen molar-refractivity contribution in [2.45, 2.75) is 32.1 Å². The van der Waals surface area contributed by atoms with E-state index in [1.807, 2.05) is 18.2 Å². The number of hydrogen-bond acceptors (Lipinski definition) is 3. The van der Waals surface area contributed by atoms with Crippen molar-refractivity contribution in [3.8, 4) is 0 Å². The van der Waals surface area contributed by atoms with E-state index in [0.717, 1.165) is 13.0 Å². The Balaban J connectivity index is 1.44. The number of piperidine rings is 1. The lowest BCUT2D eigenvalue weighted by molar-refractivity contribution is -0.126. The summed E-state index contributed by atoms with van der Waals surface area (Å²) in [5.74, 6) is -0.359. The van der Waals surface area contributed by atoms with Crippen LogP contribution in [-0.4, -0.2) is 49.4 Å². The van der Waals surface area contributed by atoms with E-state index in [-0.39, 0.29) is 24.2 Å². The highest BCUT2D eigenvalue weighted by Crippen LogP contribution is 2.30. The number of anilines is 1. The molecule has 0 aliphatic carbocycles. The molecule has 2 fully saturated rings. The Morgan fingerprint density at radius 1 is 1.20 bits per heavy atom. The van der Waals surface area contributed by atoms with Crippen LogP contribution in [0.4, 0.5) is 5.69 Å². The lowest BCUT2D eigenvalue weighted by Gasteiger charge is -2.26. The van der Waals surface area contributed by atoms with Crippen molar-refractivity contribution >= 4 is 29.1 Å². The number of amides is 2. The van der Waals surface area contributed by atoms with E-state index in [0.29, 0.717) is 23.8 Å². The summed E-state index contributed by atoms with van der Waals surface area (Å²) in [5, 5.41) is 3.53. The fourth-order valence-electron chi connectivity index (χ4n) is 3.63. The molecule has 1 unspecified atom stereocenters. The molecule has 2 aliphatic rings. The zero-order valence-electron chi connectivity index (χ0n) is 14.5. The number of benzene rings is 1. The third kappa shape index (κ3) is 4.73. The quantitative estimate of drug-likeness (QED) is 0.790. The average Bonchev–Trinajstić information content (AvgIpc) is 3.01. The molecule has 1 N–H and O–H groups in total. The number of nitrogens with zero attached hydrogens (tertiary/aromatic N) is 2. The highest BCUT2D eigenvalue weighted by molar-refractivity contribution is 6.33. The smallest absolute Gasteiger partial charge is 0.227 e. The van der Waals surface area contributed by atoms with E-state index >= 15 is 0 Å². The van der Waals surface area contributed by atoms with Crippen molar-refractivity contribution < 1.29 is 9.59 Å². The summed E-state index contributed by atoms with van der Waals surface area (Å²) in [6.45, 7) is 4.47. The molecular weight excluding hydrogens is 338 g/mol. The number of nitrogens with one attached hydrogen (secondary N) is 1. The Kier molecular flexibility index (Phi) is 6.32. The fourth-order valence-corrected chi connectivity index (χ4v) is 3.87. The van der Waals surface area contributed by atoms with Crippen LogP contribution >= 0.6 is 11.6 Å². The molecule has 0 saturated carbocycles. The Hall–Kier alpha value is -1.59. The predicted octanol–water partition coefficient (Wildman–Crippen LogP) is 2.69. The standard InChI is InChI=1S/C19H26ClN3O2/c20-16-7-2-3-8-17(16)23-14-15(13-18(23)24)19(25)21-9-6-12-22-10-4-1-5-11-22/h2-3,7-8,15H,1,4-6,9-14H2,(H,21,25). The molecular formula is C19H26ClN3O2. The molecule has 2 saturated heterocycles. The first-order valence-electron chi connectivity index (χ1n) is 9.20. The van der Waals surface area contributed by atoms with Crippen LogP contribution in [0.2, 0.25) is 5.02 Å². The summed E-state index contributed by atoms with van der Waals surface area (Å²) in [6.07, 6.45) is 5.12. The minimum absolute atomic E-state index is 0.0263. The molecule has 2 heterocycles. The molecule has 3 rings (SSSR count). The molecule has 136 valence electrons. The first-order valence-corrected chi connectivity index (χ1v) is 9.58. The van der Waals surface area contributed by atoms with E-state index in [9.17, 15) is 9.59 Å². The number of rotatable bonds is 6. The number of carbonyl (C=O) groups is 2. The van der Waals surface area contributed by atoms with Gasteiger partial charge in [0.1, 0.15) is 0 Å². The average molecular weight is 364 g/mol. The zero-order chi connectivity index (χ0) is 17.6. The third-order valence-corrected chi connectivity index (χ3v) is 5.36. The van der Waals surface area contributed by atoms with Crippen molar-refractivity contribution in [1.82, 2.24) is 10.2 Å². The molecule has 1 aromatic rings. The highest BCUT2D eigenvalue weighted by atomic mass is 35.5. The predicted molar refractivity (Wildman–Crippen MR) is 99.8 cm³/mol. The minimum Gasteiger partial charge on any atom is -0.356 e. The van der Waals surface area contributed by atoms with E-state index in [2.05, 4.69) is 10.2 Å². The molecule has 0 radical (unpaired) electrons. The molecule has 5 nitrogen and oxygen atoms in total. The lowest BCUT2D eigenvalue weighted by atomic mass is 10.1. The van der Waals surface area contributed by atoms with E-state index in [1.54, 1.807) is 11.0 Å². The Morgan fingerprint density at radius 2 is 1.96 bits per heavy atom. The van der Waals surface area contributed by atoms with Crippen molar-refractivity contribution in [2.24, 2.45) is 5.92 Å². The number of halogens is 1. The van der Waals surface area contributed by atoms with Crippen molar-refractivity contribution in [3.63, 3.8) is 0 Å². The van der Waals surface area contributed by atoms with E-state index in [1.165, 1.54) is 32.4 Å². The van der Waals surface area contributed by atoms with Gasteiger partial charge in [0.25, 0.3) is 0 Å². The molecule has 1 atom stereocenters. The number of likely N-dealkylation sites (tertiary alicyclic amines) is 1. The van der Waals surface area contributed by atoms with Crippen molar-refractivity contribution in [3.05, 3.63) is 29.3 Å². The third-order valence-electron chi connectivity index (χ3n) is 5.04. The van der Waals surface area contributed by atoms with E-state index in [4.69, 9.17) is 11.6 Å². The van der Waals surface area contributed by atoms with Crippen LogP contribution in [0.15, 0.2) is 24.3 Å². The lowest BCUT2D eigenvalue weighted by Crippen LogP contribution is -2.36. The fraction of sp³-hybridized carbons (Fsp3) is 0.579. The van der Waals surface area contributed by atoms with Crippen molar-refractivity contribution in [1.29, 1.82) is 0 Å². The van der Waals surface area contributed by atoms with Gasteiger partial charge in [0.05, 0.1) is 16.6 Å². The monoisotopic (exact) mass is 363 g/mol. The molecule has 25 heavy (non-hydrogen) atoms. The van der Waals surface area contributed by atoms with Gasteiger partial charge in [-0.05, 0) is 51.0 Å². The highest BCUT2D eigenvalue weighted by Gasteiger charge is 2.35. The summed E-state index contributed by atoms with van der Waals surface area (Å²) in [5.41, 5.74) is 0.689. The SMILES string of the molecule is O=C(NCCCN1CCCCC1)C1CC(=O)N(c2ccccc2Cl)C1. The molecule has 0 aromatic heterocycles. The molecule has 2 amide bonds. The second-order valence-corrected chi connectivity index (χ2v) is 7.31. The first kappa shape index (κ1) is 18.2.